The molecule has 0 spiro atoms. The number of Topliss-reactive ketones (excluding diaryl/α,β-unsaturated/α-hetero) is 1. The first-order chi connectivity index (χ1) is 12.2. The van der Waals surface area contributed by atoms with E-state index in [1.165, 1.54) is 27.6 Å². The van der Waals surface area contributed by atoms with Gasteiger partial charge in [-0.05, 0) is 35.0 Å². The summed E-state index contributed by atoms with van der Waals surface area (Å²) >= 11 is 2.71. The number of anilines is 1. The molecular weight excluding hydrogens is 356 g/mol. The fourth-order valence-corrected chi connectivity index (χ4v) is 4.33. The number of ketones is 1. The number of hydrogen-bond acceptors (Lipinski definition) is 6. The van der Waals surface area contributed by atoms with Crippen LogP contribution in [0.4, 0.5) is 5.82 Å². The molecule has 0 saturated carbocycles. The number of thiophene rings is 2. The Morgan fingerprint density at radius 1 is 1.08 bits per heavy atom. The van der Waals surface area contributed by atoms with Crippen LogP contribution in [0.3, 0.4) is 0 Å². The number of aromatic nitrogens is 1. The summed E-state index contributed by atoms with van der Waals surface area (Å²) in [5.41, 5.74) is 0.0977. The molecule has 1 amide bonds. The summed E-state index contributed by atoms with van der Waals surface area (Å²) in [6, 6.07) is 11.7. The summed E-state index contributed by atoms with van der Waals surface area (Å²) in [6.07, 6.45) is 1.57. The van der Waals surface area contributed by atoms with Gasteiger partial charge in [0.2, 0.25) is 5.78 Å². The summed E-state index contributed by atoms with van der Waals surface area (Å²) < 4.78 is 0. The number of aliphatic hydroxyl groups excluding tert-OH is 1. The number of aliphatic hydroxyl groups is 1. The van der Waals surface area contributed by atoms with Crippen molar-refractivity contribution in [3.63, 3.8) is 0 Å². The van der Waals surface area contributed by atoms with Crippen LogP contribution in [0.1, 0.15) is 20.6 Å². The highest BCUT2D eigenvalue weighted by molar-refractivity contribution is 7.12. The van der Waals surface area contributed by atoms with Gasteiger partial charge in [0.1, 0.15) is 11.9 Å². The van der Waals surface area contributed by atoms with E-state index in [0.29, 0.717) is 10.7 Å². The van der Waals surface area contributed by atoms with Crippen molar-refractivity contribution < 1.29 is 14.7 Å². The highest BCUT2D eigenvalue weighted by Crippen LogP contribution is 2.42. The van der Waals surface area contributed by atoms with Crippen LogP contribution in [-0.2, 0) is 4.79 Å². The predicted octanol–water partition coefficient (Wildman–Crippen LogP) is 3.99. The van der Waals surface area contributed by atoms with E-state index < -0.39 is 17.7 Å². The third kappa shape index (κ3) is 2.57. The number of carbonyl (C=O) groups excluding carboxylic acids is 2. The number of carbonyl (C=O) groups is 2. The summed E-state index contributed by atoms with van der Waals surface area (Å²) in [6.45, 7) is 0. The van der Waals surface area contributed by atoms with E-state index >= 15 is 0 Å². The van der Waals surface area contributed by atoms with Crippen molar-refractivity contribution in [2.75, 3.05) is 4.90 Å². The molecule has 1 atom stereocenters. The minimum Gasteiger partial charge on any atom is -0.503 e. The van der Waals surface area contributed by atoms with Gasteiger partial charge < -0.3 is 5.11 Å². The number of amides is 1. The van der Waals surface area contributed by atoms with Crippen LogP contribution in [0, 0.1) is 0 Å². The number of pyridine rings is 1. The molecule has 1 aliphatic heterocycles. The summed E-state index contributed by atoms with van der Waals surface area (Å²) in [5, 5.41) is 14.1. The molecule has 0 saturated heterocycles. The maximum atomic E-state index is 12.9. The van der Waals surface area contributed by atoms with Crippen molar-refractivity contribution >= 4 is 40.2 Å². The molecule has 1 unspecified atom stereocenters. The van der Waals surface area contributed by atoms with E-state index in [0.717, 1.165) is 4.88 Å². The van der Waals surface area contributed by atoms with Gasteiger partial charge in [0, 0.05) is 11.1 Å². The second-order valence-electron chi connectivity index (χ2n) is 5.35. The van der Waals surface area contributed by atoms with Gasteiger partial charge >= 0.3 is 0 Å². The van der Waals surface area contributed by atoms with Crippen molar-refractivity contribution in [2.45, 2.75) is 6.04 Å². The van der Waals surface area contributed by atoms with Crippen molar-refractivity contribution in [3.8, 4) is 0 Å². The fraction of sp³-hybridized carbons (Fsp3) is 0.0556. The lowest BCUT2D eigenvalue weighted by Crippen LogP contribution is -2.31. The Labute approximate surface area is 151 Å². The van der Waals surface area contributed by atoms with E-state index in [9.17, 15) is 14.7 Å². The molecule has 1 N–H and O–H groups in total. The average molecular weight is 368 g/mol. The van der Waals surface area contributed by atoms with E-state index in [-0.39, 0.29) is 11.4 Å². The molecule has 4 heterocycles. The Morgan fingerprint density at radius 3 is 2.52 bits per heavy atom. The molecule has 0 aliphatic carbocycles. The molecule has 7 heteroatoms. The highest BCUT2D eigenvalue weighted by atomic mass is 32.1. The van der Waals surface area contributed by atoms with Gasteiger partial charge in [0.25, 0.3) is 5.91 Å². The zero-order valence-corrected chi connectivity index (χ0v) is 14.5. The largest absolute Gasteiger partial charge is 0.503 e. The zero-order chi connectivity index (χ0) is 17.4. The average Bonchev–Trinajstić information content (AvgIpc) is 3.37. The van der Waals surface area contributed by atoms with Crippen LogP contribution in [0.5, 0.6) is 0 Å². The van der Waals surface area contributed by atoms with Crippen LogP contribution >= 0.6 is 22.7 Å². The van der Waals surface area contributed by atoms with Gasteiger partial charge in [-0.3, -0.25) is 14.5 Å². The van der Waals surface area contributed by atoms with Gasteiger partial charge in [-0.2, -0.15) is 0 Å². The molecule has 4 rings (SSSR count). The molecule has 3 aromatic rings. The fourth-order valence-electron chi connectivity index (χ4n) is 2.83. The first kappa shape index (κ1) is 15.7. The monoisotopic (exact) mass is 368 g/mol. The second kappa shape index (κ2) is 6.27. The minimum atomic E-state index is -0.683. The molecule has 3 aromatic heterocycles. The van der Waals surface area contributed by atoms with E-state index in [1.54, 1.807) is 41.9 Å². The normalized spacial score (nSPS) is 17.4. The number of rotatable bonds is 4. The lowest BCUT2D eigenvalue weighted by molar-refractivity contribution is -0.117. The maximum absolute atomic E-state index is 12.9. The Hall–Kier alpha value is -2.77. The molecule has 25 heavy (non-hydrogen) atoms. The smallest absolute Gasteiger partial charge is 0.295 e. The molecular formula is C18H12N2O3S2. The topological polar surface area (TPSA) is 70.5 Å². The van der Waals surface area contributed by atoms with E-state index in [2.05, 4.69) is 4.98 Å². The van der Waals surface area contributed by atoms with E-state index in [4.69, 9.17) is 0 Å². The first-order valence-electron chi connectivity index (χ1n) is 7.48. The zero-order valence-electron chi connectivity index (χ0n) is 12.8. The third-order valence-electron chi connectivity index (χ3n) is 3.91. The lowest BCUT2D eigenvalue weighted by Gasteiger charge is -2.24. The second-order valence-corrected chi connectivity index (χ2v) is 7.28. The Kier molecular flexibility index (Phi) is 3.95. The van der Waals surface area contributed by atoms with Gasteiger partial charge in [-0.25, -0.2) is 4.98 Å². The van der Waals surface area contributed by atoms with Crippen LogP contribution < -0.4 is 4.90 Å². The van der Waals surface area contributed by atoms with Crippen LogP contribution in [-0.4, -0.2) is 21.8 Å². The SMILES string of the molecule is O=C(C1=C(O)C(=O)N(c2ccccn2)C1c1cccs1)c1cccs1. The molecule has 0 radical (unpaired) electrons. The highest BCUT2D eigenvalue weighted by Gasteiger charge is 2.45. The Bertz CT molecular complexity index is 948. The minimum absolute atomic E-state index is 0.0977. The number of hydrogen-bond donors (Lipinski definition) is 1. The van der Waals surface area contributed by atoms with Crippen LogP contribution in [0.15, 0.2) is 70.8 Å². The maximum Gasteiger partial charge on any atom is 0.295 e. The van der Waals surface area contributed by atoms with Crippen molar-refractivity contribution in [1.82, 2.24) is 4.98 Å². The predicted molar refractivity (Wildman–Crippen MR) is 97.1 cm³/mol. The lowest BCUT2D eigenvalue weighted by atomic mass is 10.0. The van der Waals surface area contributed by atoms with Gasteiger partial charge in [0.15, 0.2) is 5.76 Å². The van der Waals surface area contributed by atoms with Crippen LogP contribution in [0.2, 0.25) is 0 Å². The third-order valence-corrected chi connectivity index (χ3v) is 5.70. The van der Waals surface area contributed by atoms with Crippen molar-refractivity contribution in [1.29, 1.82) is 0 Å². The molecule has 0 aromatic carbocycles. The standard InChI is InChI=1S/C18H12N2O3S2/c21-16(12-6-4-10-25-12)14-15(11-5-3-9-24-11)20(18(23)17(14)22)13-7-1-2-8-19-13/h1-10,15,22H. The Morgan fingerprint density at radius 2 is 1.88 bits per heavy atom. The molecule has 124 valence electrons. The molecule has 0 fully saturated rings. The molecule has 1 aliphatic rings. The van der Waals surface area contributed by atoms with Crippen LogP contribution in [0.25, 0.3) is 0 Å². The van der Waals surface area contributed by atoms with E-state index in [1.807, 2.05) is 17.5 Å². The van der Waals surface area contributed by atoms with Crippen molar-refractivity contribution in [2.24, 2.45) is 0 Å². The van der Waals surface area contributed by atoms with Gasteiger partial charge in [-0.1, -0.05) is 18.2 Å². The molecule has 0 bridgehead atoms. The summed E-state index contributed by atoms with van der Waals surface area (Å²) in [4.78, 5) is 32.6. The molecule has 5 nitrogen and oxygen atoms in total. The Balaban J connectivity index is 1.87. The summed E-state index contributed by atoms with van der Waals surface area (Å²) in [5.74, 6) is -1.07. The summed E-state index contributed by atoms with van der Waals surface area (Å²) in [7, 11) is 0. The van der Waals surface area contributed by atoms with Crippen molar-refractivity contribution in [3.05, 3.63) is 80.5 Å². The quantitative estimate of drug-likeness (QED) is 0.707. The van der Waals surface area contributed by atoms with Gasteiger partial charge in [-0.15, -0.1) is 22.7 Å². The number of nitrogens with zero attached hydrogens (tertiary/aromatic N) is 2. The first-order valence-corrected chi connectivity index (χ1v) is 9.23. The van der Waals surface area contributed by atoms with Gasteiger partial charge in [0.05, 0.1) is 10.5 Å².